The molecule has 15 heavy (non-hydrogen) atoms. The number of aromatic nitrogens is 2. The molecule has 1 aliphatic rings. The lowest BCUT2D eigenvalue weighted by Gasteiger charge is -2.30. The van der Waals surface area contributed by atoms with Crippen LogP contribution < -0.4 is 10.5 Å². The van der Waals surface area contributed by atoms with E-state index in [0.717, 1.165) is 4.90 Å². The highest BCUT2D eigenvalue weighted by atomic mass is 32.2. The lowest BCUT2D eigenvalue weighted by atomic mass is 10.2. The highest BCUT2D eigenvalue weighted by Crippen LogP contribution is 2.32. The Balaban J connectivity index is 2.61. The van der Waals surface area contributed by atoms with E-state index in [-0.39, 0.29) is 17.5 Å². The first-order valence-corrected chi connectivity index (χ1v) is 5.62. The molecule has 2 rings (SSSR count). The molecule has 0 aliphatic carbocycles. The van der Waals surface area contributed by atoms with E-state index in [1.807, 2.05) is 13.8 Å². The molecule has 2 heterocycles. The summed E-state index contributed by atoms with van der Waals surface area (Å²) in [6, 6.07) is -0.0133. The van der Waals surface area contributed by atoms with Gasteiger partial charge in [-0.2, -0.15) is 5.10 Å². The van der Waals surface area contributed by atoms with E-state index in [1.165, 1.54) is 16.7 Å². The molecule has 0 fully saturated rings. The van der Waals surface area contributed by atoms with Gasteiger partial charge in [0.05, 0.1) is 16.8 Å². The van der Waals surface area contributed by atoms with Crippen molar-refractivity contribution in [2.24, 2.45) is 0 Å². The average molecular weight is 225 g/mol. The van der Waals surface area contributed by atoms with Crippen LogP contribution in [-0.2, 0) is 4.79 Å². The van der Waals surface area contributed by atoms with Gasteiger partial charge in [-0.05, 0) is 13.8 Å². The van der Waals surface area contributed by atoms with Crippen molar-refractivity contribution in [2.75, 3.05) is 10.7 Å². The summed E-state index contributed by atoms with van der Waals surface area (Å²) in [7, 11) is 0. The van der Waals surface area contributed by atoms with Crippen LogP contribution in [0.25, 0.3) is 0 Å². The van der Waals surface area contributed by atoms with E-state index >= 15 is 0 Å². The summed E-state index contributed by atoms with van der Waals surface area (Å²) < 4.78 is 0. The minimum Gasteiger partial charge on any atom is -0.303 e. The number of hydrogen-bond acceptors (Lipinski definition) is 4. The molecule has 0 atom stereocenters. The molecule has 0 bridgehead atoms. The predicted molar refractivity (Wildman–Crippen MR) is 58.2 cm³/mol. The molecule has 0 unspecified atom stereocenters. The average Bonchev–Trinajstić information content (AvgIpc) is 2.18. The molecule has 1 amide bonds. The zero-order valence-electron chi connectivity index (χ0n) is 8.48. The van der Waals surface area contributed by atoms with E-state index in [0.29, 0.717) is 11.4 Å². The Bertz CT molecular complexity index is 455. The maximum Gasteiger partial charge on any atom is 0.289 e. The minimum absolute atomic E-state index is 0.0133. The highest BCUT2D eigenvalue weighted by Gasteiger charge is 2.29. The fourth-order valence-electron chi connectivity index (χ4n) is 1.59. The smallest absolute Gasteiger partial charge is 0.289 e. The summed E-state index contributed by atoms with van der Waals surface area (Å²) in [6.45, 7) is 3.77. The van der Waals surface area contributed by atoms with Gasteiger partial charge in [-0.25, -0.2) is 5.10 Å². The van der Waals surface area contributed by atoms with Crippen molar-refractivity contribution in [3.8, 4) is 0 Å². The molecule has 6 heteroatoms. The molecule has 1 aliphatic heterocycles. The summed E-state index contributed by atoms with van der Waals surface area (Å²) in [5.74, 6) is 0.343. The third-order valence-electron chi connectivity index (χ3n) is 2.17. The van der Waals surface area contributed by atoms with Crippen molar-refractivity contribution >= 4 is 23.4 Å². The molecule has 1 aromatic rings. The molecule has 1 N–H and O–H groups in total. The van der Waals surface area contributed by atoms with Crippen LogP contribution in [0.15, 0.2) is 15.9 Å². The van der Waals surface area contributed by atoms with Gasteiger partial charge in [0.25, 0.3) is 5.56 Å². The predicted octanol–water partition coefficient (Wildman–Crippen LogP) is 0.617. The molecule has 0 saturated carbocycles. The number of H-pyrrole nitrogens is 1. The number of hydrogen-bond donors (Lipinski definition) is 1. The number of rotatable bonds is 1. The summed E-state index contributed by atoms with van der Waals surface area (Å²) >= 11 is 1.36. The van der Waals surface area contributed by atoms with Crippen LogP contribution in [0.1, 0.15) is 13.8 Å². The van der Waals surface area contributed by atoms with Crippen molar-refractivity contribution in [3.05, 3.63) is 16.6 Å². The lowest BCUT2D eigenvalue weighted by Crippen LogP contribution is -2.44. The number of carbonyl (C=O) groups excluding carboxylic acids is 1. The van der Waals surface area contributed by atoms with Crippen LogP contribution >= 0.6 is 11.8 Å². The van der Waals surface area contributed by atoms with Crippen LogP contribution in [0, 0.1) is 0 Å². The molecule has 0 saturated heterocycles. The number of thioether (sulfide) groups is 1. The molecular formula is C9H11N3O2S. The summed E-state index contributed by atoms with van der Waals surface area (Å²) in [5, 5.41) is 6.07. The number of amides is 1. The monoisotopic (exact) mass is 225 g/mol. The molecular weight excluding hydrogens is 214 g/mol. The third kappa shape index (κ3) is 1.65. The normalized spacial score (nSPS) is 15.7. The Kier molecular flexibility index (Phi) is 2.52. The lowest BCUT2D eigenvalue weighted by molar-refractivity contribution is -0.116. The fourth-order valence-corrected chi connectivity index (χ4v) is 2.46. The van der Waals surface area contributed by atoms with E-state index < -0.39 is 0 Å². The first-order chi connectivity index (χ1) is 7.11. The summed E-state index contributed by atoms with van der Waals surface area (Å²) in [4.78, 5) is 25.6. The largest absolute Gasteiger partial charge is 0.303 e. The fraction of sp³-hybridized carbons (Fsp3) is 0.444. The SMILES string of the molecule is CC(C)N1C(=O)CSc2cn[nH]c(=O)c21. The Morgan fingerprint density at radius 1 is 1.53 bits per heavy atom. The highest BCUT2D eigenvalue weighted by molar-refractivity contribution is 8.00. The van der Waals surface area contributed by atoms with Crippen molar-refractivity contribution < 1.29 is 4.79 Å². The Labute approximate surface area is 90.9 Å². The Morgan fingerprint density at radius 2 is 2.27 bits per heavy atom. The number of carbonyl (C=O) groups is 1. The van der Waals surface area contributed by atoms with Gasteiger partial charge in [-0.1, -0.05) is 0 Å². The van der Waals surface area contributed by atoms with Crippen molar-refractivity contribution in [3.63, 3.8) is 0 Å². The van der Waals surface area contributed by atoms with E-state index in [1.54, 1.807) is 6.20 Å². The summed E-state index contributed by atoms with van der Waals surface area (Å²) in [5.41, 5.74) is 0.128. The zero-order valence-corrected chi connectivity index (χ0v) is 9.30. The van der Waals surface area contributed by atoms with Crippen LogP contribution in [0.3, 0.4) is 0 Å². The Morgan fingerprint density at radius 3 is 2.93 bits per heavy atom. The van der Waals surface area contributed by atoms with Gasteiger partial charge in [0.2, 0.25) is 5.91 Å². The number of fused-ring (bicyclic) bond motifs is 1. The summed E-state index contributed by atoms with van der Waals surface area (Å²) in [6.07, 6.45) is 1.59. The van der Waals surface area contributed by atoms with Gasteiger partial charge in [0, 0.05) is 6.04 Å². The maximum atomic E-state index is 11.7. The van der Waals surface area contributed by atoms with E-state index in [4.69, 9.17) is 0 Å². The zero-order chi connectivity index (χ0) is 11.0. The minimum atomic E-state index is -0.304. The van der Waals surface area contributed by atoms with Crippen LogP contribution in [0.5, 0.6) is 0 Å². The Hall–Kier alpha value is -1.30. The molecule has 80 valence electrons. The number of nitrogens with zero attached hydrogens (tertiary/aromatic N) is 2. The molecule has 0 aromatic carbocycles. The van der Waals surface area contributed by atoms with Crippen LogP contribution in [-0.4, -0.2) is 27.9 Å². The third-order valence-corrected chi connectivity index (χ3v) is 3.17. The first kappa shape index (κ1) is 10.2. The van der Waals surface area contributed by atoms with Crippen molar-refractivity contribution in [1.82, 2.24) is 10.2 Å². The standard InChI is InChI=1S/C9H11N3O2S/c1-5(2)12-7(13)4-15-6-3-10-11-9(14)8(6)12/h3,5H,4H2,1-2H3,(H,11,14). The van der Waals surface area contributed by atoms with Crippen molar-refractivity contribution in [2.45, 2.75) is 24.8 Å². The maximum absolute atomic E-state index is 11.7. The van der Waals surface area contributed by atoms with Gasteiger partial charge >= 0.3 is 0 Å². The second-order valence-corrected chi connectivity index (χ2v) is 4.58. The van der Waals surface area contributed by atoms with E-state index in [2.05, 4.69) is 10.2 Å². The van der Waals surface area contributed by atoms with Gasteiger partial charge in [0.15, 0.2) is 0 Å². The van der Waals surface area contributed by atoms with Gasteiger partial charge < -0.3 is 4.90 Å². The molecule has 0 spiro atoms. The van der Waals surface area contributed by atoms with Crippen LogP contribution in [0.4, 0.5) is 5.69 Å². The molecule has 0 radical (unpaired) electrons. The number of anilines is 1. The van der Waals surface area contributed by atoms with Gasteiger partial charge in [0.1, 0.15) is 5.69 Å². The molecule has 5 nitrogen and oxygen atoms in total. The quantitative estimate of drug-likeness (QED) is 0.760. The number of nitrogens with one attached hydrogen (secondary N) is 1. The van der Waals surface area contributed by atoms with Gasteiger partial charge in [-0.15, -0.1) is 11.8 Å². The second-order valence-electron chi connectivity index (χ2n) is 3.56. The topological polar surface area (TPSA) is 66.1 Å². The van der Waals surface area contributed by atoms with Crippen molar-refractivity contribution in [1.29, 1.82) is 0 Å². The second kappa shape index (κ2) is 3.69. The van der Waals surface area contributed by atoms with Gasteiger partial charge in [-0.3, -0.25) is 9.59 Å². The first-order valence-electron chi connectivity index (χ1n) is 4.64. The molecule has 1 aromatic heterocycles. The van der Waals surface area contributed by atoms with E-state index in [9.17, 15) is 9.59 Å². The number of aromatic amines is 1. The van der Waals surface area contributed by atoms with Crippen LogP contribution in [0.2, 0.25) is 0 Å².